The maximum atomic E-state index is 5.42. The van der Waals surface area contributed by atoms with Gasteiger partial charge in [0.15, 0.2) is 17.3 Å². The highest BCUT2D eigenvalue weighted by molar-refractivity contribution is 6.10. The fourth-order valence-corrected chi connectivity index (χ4v) is 2.49. The molecule has 3 aromatic rings. The van der Waals surface area contributed by atoms with Gasteiger partial charge in [0.05, 0.1) is 26.1 Å². The van der Waals surface area contributed by atoms with Crippen LogP contribution in [0.15, 0.2) is 47.9 Å². The molecule has 1 aromatic carbocycles. The second-order valence-corrected chi connectivity index (χ2v) is 5.54. The van der Waals surface area contributed by atoms with Gasteiger partial charge >= 0.3 is 0 Å². The van der Waals surface area contributed by atoms with Crippen LogP contribution in [0.5, 0.6) is 11.5 Å². The summed E-state index contributed by atoms with van der Waals surface area (Å²) < 4.78 is 12.4. The summed E-state index contributed by atoms with van der Waals surface area (Å²) in [5.74, 6) is 2.09. The van der Waals surface area contributed by atoms with Crippen LogP contribution in [-0.4, -0.2) is 44.9 Å². The molecule has 0 fully saturated rings. The molecule has 0 radical (unpaired) electrons. The van der Waals surface area contributed by atoms with Crippen molar-refractivity contribution in [3.63, 3.8) is 0 Å². The molecule has 0 saturated carbocycles. The summed E-state index contributed by atoms with van der Waals surface area (Å²) in [6, 6.07) is 5.52. The fourth-order valence-electron chi connectivity index (χ4n) is 2.49. The predicted octanol–water partition coefficient (Wildman–Crippen LogP) is 2.67. The van der Waals surface area contributed by atoms with E-state index in [1.807, 2.05) is 44.4 Å². The normalized spacial score (nSPS) is 11.8. The molecule has 27 heavy (non-hydrogen) atoms. The SMILES string of the molecule is C/C=C\N=C(c1cnn(C)c1)c1nc(Nc2cccc(OC)c2OC)n[nH]1. The lowest BCUT2D eigenvalue weighted by Gasteiger charge is -2.12. The zero-order valence-electron chi connectivity index (χ0n) is 15.6. The summed E-state index contributed by atoms with van der Waals surface area (Å²) in [7, 11) is 5.01. The number of nitrogens with zero attached hydrogens (tertiary/aromatic N) is 5. The molecule has 0 bridgehead atoms. The molecule has 0 saturated heterocycles. The van der Waals surface area contributed by atoms with Crippen LogP contribution in [0, 0.1) is 0 Å². The van der Waals surface area contributed by atoms with E-state index in [9.17, 15) is 0 Å². The Morgan fingerprint density at radius 2 is 2.15 bits per heavy atom. The van der Waals surface area contributed by atoms with Gasteiger partial charge in [0.25, 0.3) is 0 Å². The van der Waals surface area contributed by atoms with Crippen LogP contribution < -0.4 is 14.8 Å². The van der Waals surface area contributed by atoms with Gasteiger partial charge in [-0.2, -0.15) is 10.1 Å². The number of ether oxygens (including phenoxy) is 2. The summed E-state index contributed by atoms with van der Waals surface area (Å²) in [5.41, 5.74) is 2.16. The molecule has 0 unspecified atom stereocenters. The topological polar surface area (TPSA) is 102 Å². The van der Waals surface area contributed by atoms with Gasteiger partial charge in [0, 0.05) is 25.0 Å². The van der Waals surface area contributed by atoms with E-state index in [0.717, 1.165) is 5.56 Å². The van der Waals surface area contributed by atoms with E-state index in [1.54, 1.807) is 31.3 Å². The van der Waals surface area contributed by atoms with Crippen molar-refractivity contribution in [2.75, 3.05) is 19.5 Å². The van der Waals surface area contributed by atoms with Crippen molar-refractivity contribution in [2.45, 2.75) is 6.92 Å². The smallest absolute Gasteiger partial charge is 0.247 e. The van der Waals surface area contributed by atoms with E-state index in [2.05, 4.69) is 30.6 Å². The van der Waals surface area contributed by atoms with Crippen molar-refractivity contribution in [1.82, 2.24) is 25.0 Å². The lowest BCUT2D eigenvalue weighted by Crippen LogP contribution is -2.05. The van der Waals surface area contributed by atoms with Crippen LogP contribution in [0.2, 0.25) is 0 Å². The molecule has 2 heterocycles. The number of methoxy groups -OCH3 is 2. The van der Waals surface area contributed by atoms with Gasteiger partial charge in [-0.3, -0.25) is 14.8 Å². The Kier molecular flexibility index (Phi) is 5.50. The van der Waals surface area contributed by atoms with E-state index in [4.69, 9.17) is 9.47 Å². The number of aromatic nitrogens is 5. The molecule has 2 aromatic heterocycles. The number of anilines is 2. The van der Waals surface area contributed by atoms with Gasteiger partial charge in [-0.05, 0) is 19.1 Å². The van der Waals surface area contributed by atoms with Crippen LogP contribution in [0.25, 0.3) is 0 Å². The minimum atomic E-state index is 0.383. The van der Waals surface area contributed by atoms with Gasteiger partial charge < -0.3 is 14.8 Å². The molecule has 0 aliphatic carbocycles. The zero-order chi connectivity index (χ0) is 19.2. The number of aromatic amines is 1. The molecule has 0 spiro atoms. The number of allylic oxidation sites excluding steroid dienone is 1. The van der Waals surface area contributed by atoms with Crippen LogP contribution >= 0.6 is 0 Å². The lowest BCUT2D eigenvalue weighted by molar-refractivity contribution is 0.356. The first kappa shape index (κ1) is 18.2. The van der Waals surface area contributed by atoms with Crippen LogP contribution in [0.4, 0.5) is 11.6 Å². The van der Waals surface area contributed by atoms with Crippen molar-refractivity contribution in [2.24, 2.45) is 12.0 Å². The van der Waals surface area contributed by atoms with Crippen molar-refractivity contribution < 1.29 is 9.47 Å². The Balaban J connectivity index is 1.92. The average Bonchev–Trinajstić information content (AvgIpc) is 3.31. The molecule has 140 valence electrons. The molecule has 0 aliphatic heterocycles. The highest BCUT2D eigenvalue weighted by Crippen LogP contribution is 2.35. The predicted molar refractivity (Wildman–Crippen MR) is 103 cm³/mol. The van der Waals surface area contributed by atoms with Crippen LogP contribution in [-0.2, 0) is 7.05 Å². The molecule has 9 heteroatoms. The van der Waals surface area contributed by atoms with E-state index in [0.29, 0.717) is 34.7 Å². The molecule has 3 rings (SSSR count). The maximum absolute atomic E-state index is 5.42. The van der Waals surface area contributed by atoms with Crippen LogP contribution in [0.1, 0.15) is 18.3 Å². The Morgan fingerprint density at radius 1 is 1.30 bits per heavy atom. The Hall–Kier alpha value is -3.62. The van der Waals surface area contributed by atoms with E-state index >= 15 is 0 Å². The Bertz CT molecular complexity index is 972. The first-order valence-electron chi connectivity index (χ1n) is 8.25. The minimum Gasteiger partial charge on any atom is -0.493 e. The minimum absolute atomic E-state index is 0.383. The molecule has 0 atom stereocenters. The third kappa shape index (κ3) is 3.97. The summed E-state index contributed by atoms with van der Waals surface area (Å²) >= 11 is 0. The van der Waals surface area contributed by atoms with Gasteiger partial charge in [0.2, 0.25) is 5.95 Å². The zero-order valence-corrected chi connectivity index (χ0v) is 15.6. The highest BCUT2D eigenvalue weighted by Gasteiger charge is 2.16. The van der Waals surface area contributed by atoms with Crippen molar-refractivity contribution in [3.05, 3.63) is 54.3 Å². The number of aryl methyl sites for hydroxylation is 1. The largest absolute Gasteiger partial charge is 0.493 e. The standard InChI is InChI=1S/C18H21N7O2/c1-5-9-19-15(12-10-20-25(2)11-12)17-22-18(24-23-17)21-13-7-6-8-14(26-3)16(13)27-4/h5-11H,1-4H3,(H2,21,22,23,24)/b9-5-,19-15?. The first-order chi connectivity index (χ1) is 13.2. The summed E-state index contributed by atoms with van der Waals surface area (Å²) in [6.07, 6.45) is 7.13. The number of hydrogen-bond donors (Lipinski definition) is 2. The van der Waals surface area contributed by atoms with Crippen molar-refractivity contribution in [1.29, 1.82) is 0 Å². The maximum Gasteiger partial charge on any atom is 0.247 e. The van der Waals surface area contributed by atoms with Gasteiger partial charge in [-0.25, -0.2) is 0 Å². The number of aliphatic imine (C=N–C) groups is 1. The first-order valence-corrected chi connectivity index (χ1v) is 8.25. The third-order valence-electron chi connectivity index (χ3n) is 3.69. The summed E-state index contributed by atoms with van der Waals surface area (Å²) in [6.45, 7) is 1.90. The number of H-pyrrole nitrogens is 1. The second kappa shape index (κ2) is 8.17. The number of para-hydroxylation sites is 1. The van der Waals surface area contributed by atoms with E-state index < -0.39 is 0 Å². The number of hydrogen-bond acceptors (Lipinski definition) is 7. The molecule has 0 aliphatic rings. The summed E-state index contributed by atoms with van der Waals surface area (Å²) in [4.78, 5) is 8.95. The third-order valence-corrected chi connectivity index (χ3v) is 3.69. The number of benzene rings is 1. The highest BCUT2D eigenvalue weighted by atomic mass is 16.5. The van der Waals surface area contributed by atoms with Gasteiger partial charge in [-0.1, -0.05) is 12.1 Å². The van der Waals surface area contributed by atoms with E-state index in [-0.39, 0.29) is 0 Å². The second-order valence-electron chi connectivity index (χ2n) is 5.54. The fraction of sp³-hybridized carbons (Fsp3) is 0.222. The molecule has 0 amide bonds. The molecular weight excluding hydrogens is 346 g/mol. The average molecular weight is 367 g/mol. The molecular formula is C18H21N7O2. The van der Waals surface area contributed by atoms with Gasteiger partial charge in [0.1, 0.15) is 5.71 Å². The monoisotopic (exact) mass is 367 g/mol. The van der Waals surface area contributed by atoms with E-state index in [1.165, 1.54) is 0 Å². The lowest BCUT2D eigenvalue weighted by atomic mass is 10.2. The van der Waals surface area contributed by atoms with Crippen LogP contribution in [0.3, 0.4) is 0 Å². The van der Waals surface area contributed by atoms with Crippen molar-refractivity contribution >= 4 is 17.3 Å². The van der Waals surface area contributed by atoms with Gasteiger partial charge in [-0.15, -0.1) is 5.10 Å². The van der Waals surface area contributed by atoms with Crippen molar-refractivity contribution in [3.8, 4) is 11.5 Å². The molecule has 9 nitrogen and oxygen atoms in total. The summed E-state index contributed by atoms with van der Waals surface area (Å²) in [5, 5.41) is 14.5. The number of rotatable bonds is 7. The molecule has 2 N–H and O–H groups in total. The number of nitrogens with one attached hydrogen (secondary N) is 2. The quantitative estimate of drug-likeness (QED) is 0.623. The Labute approximate surface area is 156 Å². The Morgan fingerprint density at radius 3 is 2.81 bits per heavy atom.